The largest absolute Gasteiger partial charge is 0.462 e. The van der Waals surface area contributed by atoms with Crippen molar-refractivity contribution < 1.29 is 14.5 Å². The van der Waals surface area contributed by atoms with E-state index >= 15 is 0 Å². The molecule has 2 N–H and O–H groups in total. The molecule has 0 fully saturated rings. The molecule has 0 saturated carbocycles. The Morgan fingerprint density at radius 1 is 1.79 bits per heavy atom. The number of hydrogen-bond acceptors (Lipinski definition) is 6. The molecule has 0 aliphatic carbocycles. The Hall–Kier alpha value is -1.63. The lowest BCUT2D eigenvalue weighted by Gasteiger charge is -1.98. The molecule has 0 saturated heterocycles. The molecule has 76 valence electrons. The summed E-state index contributed by atoms with van der Waals surface area (Å²) in [6.45, 7) is 1.86. The predicted molar refractivity (Wildman–Crippen MR) is 51.3 cm³/mol. The zero-order valence-electron chi connectivity index (χ0n) is 7.35. The lowest BCUT2D eigenvalue weighted by Crippen LogP contribution is -2.05. The monoisotopic (exact) mass is 216 g/mol. The van der Waals surface area contributed by atoms with Gasteiger partial charge in [0.2, 0.25) is 0 Å². The molecule has 0 spiro atoms. The van der Waals surface area contributed by atoms with Crippen molar-refractivity contribution in [2.45, 2.75) is 6.92 Å². The molecule has 7 heteroatoms. The minimum atomic E-state index is -0.630. The van der Waals surface area contributed by atoms with Crippen molar-refractivity contribution in [3.05, 3.63) is 21.7 Å². The zero-order valence-corrected chi connectivity index (χ0v) is 8.17. The first kappa shape index (κ1) is 10.5. The maximum absolute atomic E-state index is 11.2. The van der Waals surface area contributed by atoms with E-state index < -0.39 is 10.9 Å². The van der Waals surface area contributed by atoms with Crippen LogP contribution in [0, 0.1) is 10.1 Å². The van der Waals surface area contributed by atoms with Crippen molar-refractivity contribution in [1.29, 1.82) is 0 Å². The Balaban J connectivity index is 2.98. The summed E-state index contributed by atoms with van der Waals surface area (Å²) in [4.78, 5) is 20.9. The highest BCUT2D eigenvalue weighted by Gasteiger charge is 2.20. The van der Waals surface area contributed by atoms with Crippen molar-refractivity contribution in [2.75, 3.05) is 12.3 Å². The predicted octanol–water partition coefficient (Wildman–Crippen LogP) is 1.42. The second kappa shape index (κ2) is 4.05. The van der Waals surface area contributed by atoms with Gasteiger partial charge in [-0.25, -0.2) is 4.79 Å². The quantitative estimate of drug-likeness (QED) is 0.468. The molecule has 0 bridgehead atoms. The molecule has 1 aromatic rings. The van der Waals surface area contributed by atoms with Gasteiger partial charge in [0.05, 0.1) is 11.5 Å². The van der Waals surface area contributed by atoms with Gasteiger partial charge in [-0.1, -0.05) is 0 Å². The number of nitrogen functional groups attached to an aromatic ring is 1. The molecule has 1 heterocycles. The molecule has 0 aromatic carbocycles. The number of nitro groups is 1. The number of hydrogen-bond donors (Lipinski definition) is 1. The van der Waals surface area contributed by atoms with E-state index in [0.29, 0.717) is 0 Å². The minimum absolute atomic E-state index is 0.0588. The normalized spacial score (nSPS) is 9.79. The fourth-order valence-electron chi connectivity index (χ4n) is 0.850. The van der Waals surface area contributed by atoms with Gasteiger partial charge < -0.3 is 10.5 Å². The number of anilines is 1. The summed E-state index contributed by atoms with van der Waals surface area (Å²) in [5.74, 6) is -0.630. The van der Waals surface area contributed by atoms with Gasteiger partial charge in [-0.3, -0.25) is 10.1 Å². The van der Waals surface area contributed by atoms with Gasteiger partial charge in [0.1, 0.15) is 10.6 Å². The fraction of sp³-hybridized carbons (Fsp3) is 0.286. The number of ether oxygens (including phenoxy) is 1. The van der Waals surface area contributed by atoms with Crippen LogP contribution in [-0.4, -0.2) is 17.5 Å². The van der Waals surface area contributed by atoms with Gasteiger partial charge in [0.15, 0.2) is 0 Å². The van der Waals surface area contributed by atoms with Crippen LogP contribution in [0.25, 0.3) is 0 Å². The van der Waals surface area contributed by atoms with Gasteiger partial charge >= 0.3 is 11.0 Å². The molecule has 14 heavy (non-hydrogen) atoms. The third kappa shape index (κ3) is 1.99. The Kier molecular flexibility index (Phi) is 3.03. The maximum Gasteiger partial charge on any atom is 0.341 e. The van der Waals surface area contributed by atoms with E-state index in [9.17, 15) is 14.9 Å². The number of nitrogens with zero attached hydrogens (tertiary/aromatic N) is 1. The van der Waals surface area contributed by atoms with Crippen molar-refractivity contribution in [1.82, 2.24) is 0 Å². The van der Waals surface area contributed by atoms with Crippen LogP contribution in [-0.2, 0) is 4.74 Å². The molecule has 1 rings (SSSR count). The first-order valence-corrected chi connectivity index (χ1v) is 4.58. The summed E-state index contributed by atoms with van der Waals surface area (Å²) in [5, 5.41) is 10.3. The number of carbonyl (C=O) groups is 1. The fourth-order valence-corrected chi connectivity index (χ4v) is 1.58. The number of rotatable bonds is 3. The highest BCUT2D eigenvalue weighted by Crippen LogP contribution is 2.31. The summed E-state index contributed by atoms with van der Waals surface area (Å²) in [7, 11) is 0. The van der Waals surface area contributed by atoms with Gasteiger partial charge in [-0.05, 0) is 18.3 Å². The minimum Gasteiger partial charge on any atom is -0.462 e. The van der Waals surface area contributed by atoms with Crippen molar-refractivity contribution in [3.63, 3.8) is 0 Å². The molecule has 1 aromatic heterocycles. The first-order chi connectivity index (χ1) is 6.56. The molecular formula is C7H8N2O4S. The third-order valence-electron chi connectivity index (χ3n) is 1.42. The smallest absolute Gasteiger partial charge is 0.341 e. The Morgan fingerprint density at radius 2 is 2.43 bits per heavy atom. The molecule has 0 radical (unpaired) electrons. The van der Waals surface area contributed by atoms with E-state index in [0.717, 1.165) is 17.4 Å². The summed E-state index contributed by atoms with van der Waals surface area (Å²) in [6.07, 6.45) is 0. The van der Waals surface area contributed by atoms with Gasteiger partial charge in [0.25, 0.3) is 0 Å². The summed E-state index contributed by atoms with van der Waals surface area (Å²) < 4.78 is 4.67. The molecule has 0 aliphatic rings. The van der Waals surface area contributed by atoms with E-state index in [2.05, 4.69) is 4.74 Å². The van der Waals surface area contributed by atoms with E-state index in [-0.39, 0.29) is 22.2 Å². The average Bonchev–Trinajstić information content (AvgIpc) is 2.48. The van der Waals surface area contributed by atoms with E-state index in [1.807, 2.05) is 0 Å². The number of nitrogens with two attached hydrogens (primary N) is 1. The molecule has 0 unspecified atom stereocenters. The number of thiophene rings is 1. The number of esters is 1. The van der Waals surface area contributed by atoms with Gasteiger partial charge in [0, 0.05) is 6.07 Å². The maximum atomic E-state index is 11.2. The summed E-state index contributed by atoms with van der Waals surface area (Å²) in [6, 6.07) is 1.12. The van der Waals surface area contributed by atoms with Crippen LogP contribution in [0.5, 0.6) is 0 Å². The van der Waals surface area contributed by atoms with Crippen molar-refractivity contribution in [2.24, 2.45) is 0 Å². The molecule has 0 aliphatic heterocycles. The van der Waals surface area contributed by atoms with Crippen LogP contribution in [0.4, 0.5) is 10.0 Å². The highest BCUT2D eigenvalue weighted by atomic mass is 32.1. The molecule has 0 atom stereocenters. The standard InChI is InChI=1S/C7H8N2O4S/c1-2-13-7(10)4-3-5(9(11)12)14-6(4)8/h3H,2,8H2,1H3. The van der Waals surface area contributed by atoms with Crippen LogP contribution in [0.3, 0.4) is 0 Å². The molecule has 0 amide bonds. The van der Waals surface area contributed by atoms with E-state index in [1.165, 1.54) is 0 Å². The Bertz CT molecular complexity index is 374. The second-order valence-corrected chi connectivity index (χ2v) is 3.40. The van der Waals surface area contributed by atoms with Crippen LogP contribution in [0.15, 0.2) is 6.07 Å². The van der Waals surface area contributed by atoms with E-state index in [4.69, 9.17) is 5.73 Å². The first-order valence-electron chi connectivity index (χ1n) is 3.77. The zero-order chi connectivity index (χ0) is 10.7. The van der Waals surface area contributed by atoms with Crippen LogP contribution < -0.4 is 5.73 Å². The van der Waals surface area contributed by atoms with Crippen molar-refractivity contribution >= 4 is 27.3 Å². The lowest BCUT2D eigenvalue weighted by molar-refractivity contribution is -0.380. The Morgan fingerprint density at radius 3 is 2.86 bits per heavy atom. The third-order valence-corrected chi connectivity index (χ3v) is 2.34. The topological polar surface area (TPSA) is 95.5 Å². The van der Waals surface area contributed by atoms with Gasteiger partial charge in [-0.2, -0.15) is 0 Å². The van der Waals surface area contributed by atoms with Gasteiger partial charge in [-0.15, -0.1) is 0 Å². The SMILES string of the molecule is CCOC(=O)c1cc([N+](=O)[O-])sc1N. The summed E-state index contributed by atoms with van der Waals surface area (Å²) >= 11 is 0.755. The second-order valence-electron chi connectivity index (χ2n) is 2.34. The summed E-state index contributed by atoms with van der Waals surface area (Å²) in [5.41, 5.74) is 5.48. The number of carbonyl (C=O) groups excluding carboxylic acids is 1. The molecule has 6 nitrogen and oxygen atoms in total. The van der Waals surface area contributed by atoms with Crippen LogP contribution >= 0.6 is 11.3 Å². The highest BCUT2D eigenvalue weighted by molar-refractivity contribution is 7.19. The van der Waals surface area contributed by atoms with Crippen molar-refractivity contribution in [3.8, 4) is 0 Å². The molecular weight excluding hydrogens is 208 g/mol. The van der Waals surface area contributed by atoms with Crippen LogP contribution in [0.1, 0.15) is 17.3 Å². The van der Waals surface area contributed by atoms with E-state index in [1.54, 1.807) is 6.92 Å². The van der Waals surface area contributed by atoms with Crippen LogP contribution in [0.2, 0.25) is 0 Å². The Labute approximate surface area is 83.4 Å². The lowest BCUT2D eigenvalue weighted by atomic mass is 10.3. The average molecular weight is 216 g/mol.